The number of thiazole rings is 1. The Bertz CT molecular complexity index is 851. The van der Waals surface area contributed by atoms with Gasteiger partial charge in [-0.25, -0.2) is 14.6 Å². The van der Waals surface area contributed by atoms with Crippen molar-refractivity contribution in [3.05, 3.63) is 43.7 Å². The molecule has 0 aliphatic carbocycles. The van der Waals surface area contributed by atoms with Gasteiger partial charge in [-0.3, -0.25) is 14.6 Å². The molecule has 0 atom stereocenters. The van der Waals surface area contributed by atoms with E-state index < -0.39 is 17.2 Å². The molecule has 122 valence electrons. The molecule has 2 aromatic heterocycles. The van der Waals surface area contributed by atoms with E-state index in [1.807, 2.05) is 0 Å². The molecule has 2 rings (SSSR count). The number of methoxy groups -OCH3 is 1. The summed E-state index contributed by atoms with van der Waals surface area (Å²) in [5.74, 6) is -0.881. The molecule has 0 saturated heterocycles. The van der Waals surface area contributed by atoms with E-state index in [-0.39, 0.29) is 24.0 Å². The Labute approximate surface area is 133 Å². The fourth-order valence-corrected chi connectivity index (χ4v) is 2.66. The van der Waals surface area contributed by atoms with Crippen LogP contribution in [-0.2, 0) is 16.1 Å². The zero-order chi connectivity index (χ0) is 17.0. The summed E-state index contributed by atoms with van der Waals surface area (Å²) in [5, 5.41) is 2.84. The SMILES string of the molecule is COC(=O)c1sc(NC(=O)CCn2ccc(=O)[nH]c2=O)nc1C. The van der Waals surface area contributed by atoms with Gasteiger partial charge in [0.2, 0.25) is 5.91 Å². The largest absolute Gasteiger partial charge is 0.465 e. The Balaban J connectivity index is 1.98. The summed E-state index contributed by atoms with van der Waals surface area (Å²) in [5.41, 5.74) is -0.610. The average Bonchev–Trinajstić information content (AvgIpc) is 2.86. The van der Waals surface area contributed by atoms with E-state index in [2.05, 4.69) is 20.0 Å². The predicted octanol–water partition coefficient (Wildman–Crippen LogP) is 0.117. The normalized spacial score (nSPS) is 10.3. The Morgan fingerprint density at radius 3 is 2.83 bits per heavy atom. The minimum absolute atomic E-state index is 0.0120. The lowest BCUT2D eigenvalue weighted by Gasteiger charge is -2.04. The first-order valence-corrected chi connectivity index (χ1v) is 7.37. The lowest BCUT2D eigenvalue weighted by atomic mass is 10.4. The number of aryl methyl sites for hydroxylation is 2. The number of carbonyl (C=O) groups excluding carboxylic acids is 2. The molecule has 1 amide bonds. The standard InChI is InChI=1S/C13H14N4O5S/c1-7-10(11(20)22-2)23-12(14-7)15-8(18)3-5-17-6-4-9(19)16-13(17)21/h4,6H,3,5H2,1-2H3,(H,14,15,18)(H,16,19,21). The van der Waals surface area contributed by atoms with Crippen molar-refractivity contribution >= 4 is 28.3 Å². The van der Waals surface area contributed by atoms with Gasteiger partial charge in [-0.1, -0.05) is 11.3 Å². The molecular formula is C13H14N4O5S. The van der Waals surface area contributed by atoms with Crippen molar-refractivity contribution in [1.29, 1.82) is 0 Å². The van der Waals surface area contributed by atoms with Crippen molar-refractivity contribution in [2.75, 3.05) is 12.4 Å². The second-order valence-corrected chi connectivity index (χ2v) is 5.53. The van der Waals surface area contributed by atoms with Gasteiger partial charge in [-0.15, -0.1) is 0 Å². The molecule has 0 spiro atoms. The molecule has 9 nitrogen and oxygen atoms in total. The number of rotatable bonds is 5. The third-order valence-electron chi connectivity index (χ3n) is 2.89. The Hall–Kier alpha value is -2.75. The summed E-state index contributed by atoms with van der Waals surface area (Å²) < 4.78 is 5.83. The number of aromatic nitrogens is 3. The summed E-state index contributed by atoms with van der Waals surface area (Å²) in [6.07, 6.45) is 1.33. The highest BCUT2D eigenvalue weighted by molar-refractivity contribution is 7.17. The van der Waals surface area contributed by atoms with E-state index >= 15 is 0 Å². The van der Waals surface area contributed by atoms with E-state index in [4.69, 9.17) is 0 Å². The van der Waals surface area contributed by atoms with Crippen molar-refractivity contribution in [3.63, 3.8) is 0 Å². The molecule has 0 aromatic carbocycles. The highest BCUT2D eigenvalue weighted by Gasteiger charge is 2.16. The molecule has 0 unspecified atom stereocenters. The van der Waals surface area contributed by atoms with Crippen molar-refractivity contribution < 1.29 is 14.3 Å². The number of carbonyl (C=O) groups is 2. The fraction of sp³-hybridized carbons (Fsp3) is 0.308. The number of aromatic amines is 1. The first-order valence-electron chi connectivity index (χ1n) is 6.56. The van der Waals surface area contributed by atoms with Crippen molar-refractivity contribution in [1.82, 2.24) is 14.5 Å². The molecule has 2 heterocycles. The van der Waals surface area contributed by atoms with E-state index in [0.29, 0.717) is 10.6 Å². The number of esters is 1. The number of anilines is 1. The molecule has 2 N–H and O–H groups in total. The minimum atomic E-state index is -0.580. The van der Waals surface area contributed by atoms with Crippen LogP contribution < -0.4 is 16.6 Å². The van der Waals surface area contributed by atoms with Crippen LogP contribution in [0.25, 0.3) is 0 Å². The van der Waals surface area contributed by atoms with E-state index in [0.717, 1.165) is 11.3 Å². The monoisotopic (exact) mass is 338 g/mol. The lowest BCUT2D eigenvalue weighted by molar-refractivity contribution is -0.116. The first kappa shape index (κ1) is 16.6. The number of amides is 1. The molecule has 2 aromatic rings. The minimum Gasteiger partial charge on any atom is -0.465 e. The summed E-state index contributed by atoms with van der Waals surface area (Å²) in [4.78, 5) is 52.3. The van der Waals surface area contributed by atoms with Crippen LogP contribution in [0.1, 0.15) is 21.8 Å². The summed E-state index contributed by atoms with van der Waals surface area (Å²) in [7, 11) is 1.27. The number of hydrogen-bond acceptors (Lipinski definition) is 7. The molecule has 0 bridgehead atoms. The Morgan fingerprint density at radius 2 is 2.17 bits per heavy atom. The van der Waals surface area contributed by atoms with Gasteiger partial charge in [-0.05, 0) is 6.92 Å². The maximum atomic E-state index is 11.9. The van der Waals surface area contributed by atoms with Crippen molar-refractivity contribution in [3.8, 4) is 0 Å². The molecule has 10 heteroatoms. The van der Waals surface area contributed by atoms with Crippen LogP contribution in [0.3, 0.4) is 0 Å². The number of ether oxygens (including phenoxy) is 1. The highest BCUT2D eigenvalue weighted by Crippen LogP contribution is 2.23. The maximum absolute atomic E-state index is 11.9. The molecule has 0 aliphatic heterocycles. The van der Waals surface area contributed by atoms with Gasteiger partial charge in [0, 0.05) is 25.2 Å². The predicted molar refractivity (Wildman–Crippen MR) is 82.8 cm³/mol. The van der Waals surface area contributed by atoms with Crippen LogP contribution in [0.4, 0.5) is 5.13 Å². The fourth-order valence-electron chi connectivity index (χ4n) is 1.76. The summed E-state index contributed by atoms with van der Waals surface area (Å²) in [6.45, 7) is 1.74. The van der Waals surface area contributed by atoms with E-state index in [9.17, 15) is 19.2 Å². The highest BCUT2D eigenvalue weighted by atomic mass is 32.1. The van der Waals surface area contributed by atoms with Crippen LogP contribution in [0.5, 0.6) is 0 Å². The van der Waals surface area contributed by atoms with Crippen LogP contribution in [-0.4, -0.2) is 33.5 Å². The van der Waals surface area contributed by atoms with Gasteiger partial charge in [0.05, 0.1) is 12.8 Å². The van der Waals surface area contributed by atoms with E-state index in [1.165, 1.54) is 23.9 Å². The zero-order valence-corrected chi connectivity index (χ0v) is 13.2. The third kappa shape index (κ3) is 4.13. The zero-order valence-electron chi connectivity index (χ0n) is 12.4. The summed E-state index contributed by atoms with van der Waals surface area (Å²) >= 11 is 1.01. The van der Waals surface area contributed by atoms with Gasteiger partial charge in [0.15, 0.2) is 5.13 Å². The number of hydrogen-bond donors (Lipinski definition) is 2. The molecule has 0 aliphatic rings. The van der Waals surface area contributed by atoms with Crippen LogP contribution in [0.15, 0.2) is 21.9 Å². The van der Waals surface area contributed by atoms with Gasteiger partial charge in [0.1, 0.15) is 4.88 Å². The Kier molecular flexibility index (Phi) is 5.06. The van der Waals surface area contributed by atoms with Crippen molar-refractivity contribution in [2.24, 2.45) is 0 Å². The Morgan fingerprint density at radius 1 is 1.43 bits per heavy atom. The van der Waals surface area contributed by atoms with Crippen LogP contribution >= 0.6 is 11.3 Å². The lowest BCUT2D eigenvalue weighted by Crippen LogP contribution is -2.29. The molecular weight excluding hydrogens is 324 g/mol. The van der Waals surface area contributed by atoms with Gasteiger partial charge in [-0.2, -0.15) is 0 Å². The topological polar surface area (TPSA) is 123 Å². The average molecular weight is 338 g/mol. The number of nitrogens with zero attached hydrogens (tertiary/aromatic N) is 2. The van der Waals surface area contributed by atoms with Gasteiger partial charge < -0.3 is 14.6 Å². The molecule has 0 saturated carbocycles. The summed E-state index contributed by atoms with van der Waals surface area (Å²) in [6, 6.07) is 1.20. The second-order valence-electron chi connectivity index (χ2n) is 4.53. The quantitative estimate of drug-likeness (QED) is 0.746. The van der Waals surface area contributed by atoms with Crippen molar-refractivity contribution in [2.45, 2.75) is 19.9 Å². The number of nitrogens with one attached hydrogen (secondary N) is 2. The smallest absolute Gasteiger partial charge is 0.350 e. The molecule has 0 radical (unpaired) electrons. The van der Waals surface area contributed by atoms with Crippen LogP contribution in [0.2, 0.25) is 0 Å². The molecule has 0 fully saturated rings. The number of H-pyrrole nitrogens is 1. The third-order valence-corrected chi connectivity index (χ3v) is 3.94. The maximum Gasteiger partial charge on any atom is 0.350 e. The van der Waals surface area contributed by atoms with Gasteiger partial charge >= 0.3 is 11.7 Å². The second kappa shape index (κ2) is 7.01. The molecule has 23 heavy (non-hydrogen) atoms. The van der Waals surface area contributed by atoms with E-state index in [1.54, 1.807) is 6.92 Å². The first-order chi connectivity index (χ1) is 10.9. The van der Waals surface area contributed by atoms with Gasteiger partial charge in [0.25, 0.3) is 5.56 Å². The van der Waals surface area contributed by atoms with Crippen LogP contribution in [0, 0.1) is 6.92 Å².